The molecule has 1 atom stereocenters. The van der Waals surface area contributed by atoms with E-state index in [1.807, 2.05) is 0 Å². The molecule has 0 saturated heterocycles. The summed E-state index contributed by atoms with van der Waals surface area (Å²) in [5.74, 6) is -0.750. The molecule has 0 heterocycles. The zero-order valence-corrected chi connectivity index (χ0v) is 9.47. The molecule has 0 N–H and O–H groups in total. The summed E-state index contributed by atoms with van der Waals surface area (Å²) in [5, 5.41) is 0. The molecule has 1 aromatic rings. The molecule has 0 bridgehead atoms. The number of benzene rings is 1. The van der Waals surface area contributed by atoms with Gasteiger partial charge in [0.2, 0.25) is 0 Å². The van der Waals surface area contributed by atoms with Crippen LogP contribution in [0, 0.1) is 17.6 Å². The van der Waals surface area contributed by atoms with Crippen LogP contribution in [0.5, 0.6) is 0 Å². The lowest BCUT2D eigenvalue weighted by atomic mass is 9.85. The average Bonchev–Trinajstić information content (AvgIpc) is 2.33. The van der Waals surface area contributed by atoms with Crippen molar-refractivity contribution in [2.24, 2.45) is 5.92 Å². The van der Waals surface area contributed by atoms with Crippen molar-refractivity contribution in [3.8, 4) is 0 Å². The van der Waals surface area contributed by atoms with Gasteiger partial charge in [0.1, 0.15) is 0 Å². The number of hydrogen-bond donors (Lipinski definition) is 0. The van der Waals surface area contributed by atoms with E-state index in [0.29, 0.717) is 11.5 Å². The smallest absolute Gasteiger partial charge is 0.166 e. The molecule has 0 nitrogen and oxygen atoms in total. The van der Waals surface area contributed by atoms with Gasteiger partial charge in [-0.25, -0.2) is 8.78 Å². The molecule has 16 heavy (non-hydrogen) atoms. The SMILES string of the molecule is CCC1CC=C(c2cccc(F)c2F)CC1. The number of allylic oxidation sites excluding steroid dienone is 2. The quantitative estimate of drug-likeness (QED) is 0.688. The van der Waals surface area contributed by atoms with Crippen LogP contribution in [0.15, 0.2) is 24.3 Å². The lowest BCUT2D eigenvalue weighted by molar-refractivity contribution is 0.467. The van der Waals surface area contributed by atoms with Gasteiger partial charge in [-0.05, 0) is 36.8 Å². The van der Waals surface area contributed by atoms with Crippen molar-refractivity contribution in [1.29, 1.82) is 0 Å². The Kier molecular flexibility index (Phi) is 3.37. The molecule has 0 fully saturated rings. The van der Waals surface area contributed by atoms with Gasteiger partial charge < -0.3 is 0 Å². The highest BCUT2D eigenvalue weighted by Gasteiger charge is 2.17. The summed E-state index contributed by atoms with van der Waals surface area (Å²) in [6.07, 6.45) is 6.16. The third kappa shape index (κ3) is 2.16. The maximum absolute atomic E-state index is 13.5. The average molecular weight is 222 g/mol. The number of rotatable bonds is 2. The molecule has 0 radical (unpaired) electrons. The fourth-order valence-electron chi connectivity index (χ4n) is 2.26. The van der Waals surface area contributed by atoms with Crippen LogP contribution in [0.1, 0.15) is 38.2 Å². The highest BCUT2D eigenvalue weighted by atomic mass is 19.2. The van der Waals surface area contributed by atoms with E-state index in [4.69, 9.17) is 0 Å². The van der Waals surface area contributed by atoms with Crippen LogP contribution in [0.25, 0.3) is 5.57 Å². The first-order valence-electron chi connectivity index (χ1n) is 5.85. The highest BCUT2D eigenvalue weighted by Crippen LogP contribution is 2.33. The molecule has 0 saturated carbocycles. The van der Waals surface area contributed by atoms with Crippen LogP contribution in [0.4, 0.5) is 8.78 Å². The van der Waals surface area contributed by atoms with Crippen LogP contribution < -0.4 is 0 Å². The summed E-state index contributed by atoms with van der Waals surface area (Å²) < 4.78 is 26.6. The van der Waals surface area contributed by atoms with E-state index in [1.54, 1.807) is 12.1 Å². The van der Waals surface area contributed by atoms with Crippen LogP contribution >= 0.6 is 0 Å². The minimum atomic E-state index is -0.754. The van der Waals surface area contributed by atoms with Crippen LogP contribution in [-0.4, -0.2) is 0 Å². The van der Waals surface area contributed by atoms with E-state index in [9.17, 15) is 8.78 Å². The molecule has 0 amide bonds. The second-order valence-electron chi connectivity index (χ2n) is 4.38. The van der Waals surface area contributed by atoms with Crippen LogP contribution in [0.2, 0.25) is 0 Å². The Labute approximate surface area is 95.0 Å². The van der Waals surface area contributed by atoms with E-state index in [1.165, 1.54) is 0 Å². The highest BCUT2D eigenvalue weighted by molar-refractivity contribution is 5.66. The molecule has 1 aliphatic carbocycles. The molecule has 1 aliphatic rings. The first-order chi connectivity index (χ1) is 7.72. The van der Waals surface area contributed by atoms with Gasteiger partial charge in [-0.3, -0.25) is 0 Å². The van der Waals surface area contributed by atoms with Crippen molar-refractivity contribution in [2.45, 2.75) is 32.6 Å². The van der Waals surface area contributed by atoms with Crippen LogP contribution in [-0.2, 0) is 0 Å². The Morgan fingerprint density at radius 3 is 2.75 bits per heavy atom. The van der Waals surface area contributed by atoms with E-state index in [-0.39, 0.29) is 0 Å². The Balaban J connectivity index is 2.26. The monoisotopic (exact) mass is 222 g/mol. The Bertz CT molecular complexity index is 407. The second-order valence-corrected chi connectivity index (χ2v) is 4.38. The van der Waals surface area contributed by atoms with Crippen molar-refractivity contribution in [3.63, 3.8) is 0 Å². The van der Waals surface area contributed by atoms with Crippen LogP contribution in [0.3, 0.4) is 0 Å². The predicted octanol–water partition coefficient (Wildman–Crippen LogP) is 4.56. The third-order valence-corrected chi connectivity index (χ3v) is 3.39. The third-order valence-electron chi connectivity index (χ3n) is 3.39. The number of halogens is 2. The molecule has 1 unspecified atom stereocenters. The van der Waals surface area contributed by atoms with E-state index in [2.05, 4.69) is 13.0 Å². The summed E-state index contributed by atoms with van der Waals surface area (Å²) >= 11 is 0. The van der Waals surface area contributed by atoms with E-state index < -0.39 is 11.6 Å². The van der Waals surface area contributed by atoms with Crippen molar-refractivity contribution < 1.29 is 8.78 Å². The maximum atomic E-state index is 13.5. The summed E-state index contributed by atoms with van der Waals surface area (Å²) in [6, 6.07) is 4.40. The normalized spacial score (nSPS) is 20.7. The van der Waals surface area contributed by atoms with Gasteiger partial charge in [-0.1, -0.05) is 31.6 Å². The van der Waals surface area contributed by atoms with Crippen molar-refractivity contribution in [1.82, 2.24) is 0 Å². The minimum absolute atomic E-state index is 0.439. The second kappa shape index (κ2) is 4.77. The Morgan fingerprint density at radius 2 is 2.12 bits per heavy atom. The van der Waals surface area contributed by atoms with Gasteiger partial charge in [0.25, 0.3) is 0 Å². The molecule has 0 aromatic heterocycles. The van der Waals surface area contributed by atoms with Gasteiger partial charge in [0.15, 0.2) is 11.6 Å². The van der Waals surface area contributed by atoms with Crippen molar-refractivity contribution in [2.75, 3.05) is 0 Å². The topological polar surface area (TPSA) is 0 Å². The van der Waals surface area contributed by atoms with Gasteiger partial charge in [-0.2, -0.15) is 0 Å². The standard InChI is InChI=1S/C14H16F2/c1-2-10-6-8-11(9-7-10)12-4-3-5-13(15)14(12)16/h3-5,8,10H,2,6-7,9H2,1H3. The molecular weight excluding hydrogens is 206 g/mol. The fourth-order valence-corrected chi connectivity index (χ4v) is 2.26. The Hall–Kier alpha value is -1.18. The van der Waals surface area contributed by atoms with Gasteiger partial charge in [0.05, 0.1) is 0 Å². The lowest BCUT2D eigenvalue weighted by Gasteiger charge is -2.21. The zero-order valence-electron chi connectivity index (χ0n) is 9.47. The van der Waals surface area contributed by atoms with Gasteiger partial charge in [0, 0.05) is 5.56 Å². The summed E-state index contributed by atoms with van der Waals surface area (Å²) in [6.45, 7) is 2.17. The molecular formula is C14H16F2. The first kappa shape index (κ1) is 11.3. The number of hydrogen-bond acceptors (Lipinski definition) is 0. The molecule has 2 heteroatoms. The molecule has 86 valence electrons. The summed E-state index contributed by atoms with van der Waals surface area (Å²) in [4.78, 5) is 0. The molecule has 2 rings (SSSR count). The van der Waals surface area contributed by atoms with Crippen molar-refractivity contribution in [3.05, 3.63) is 41.5 Å². The predicted molar refractivity (Wildman–Crippen MR) is 62.0 cm³/mol. The molecule has 1 aromatic carbocycles. The lowest BCUT2D eigenvalue weighted by Crippen LogP contribution is -2.05. The Morgan fingerprint density at radius 1 is 1.31 bits per heavy atom. The molecule has 0 aliphatic heterocycles. The van der Waals surface area contributed by atoms with Gasteiger partial charge in [-0.15, -0.1) is 0 Å². The fraction of sp³-hybridized carbons (Fsp3) is 0.429. The molecule has 0 spiro atoms. The minimum Gasteiger partial charge on any atom is -0.204 e. The summed E-state index contributed by atoms with van der Waals surface area (Å²) in [5.41, 5.74) is 1.40. The summed E-state index contributed by atoms with van der Waals surface area (Å²) in [7, 11) is 0. The first-order valence-corrected chi connectivity index (χ1v) is 5.85. The zero-order chi connectivity index (χ0) is 11.5. The maximum Gasteiger partial charge on any atom is 0.166 e. The largest absolute Gasteiger partial charge is 0.204 e. The van der Waals surface area contributed by atoms with Gasteiger partial charge >= 0.3 is 0 Å². The van der Waals surface area contributed by atoms with E-state index >= 15 is 0 Å². The van der Waals surface area contributed by atoms with E-state index in [0.717, 1.165) is 37.3 Å². The van der Waals surface area contributed by atoms with Crippen molar-refractivity contribution >= 4 is 5.57 Å².